The summed E-state index contributed by atoms with van der Waals surface area (Å²) in [7, 11) is 0. The van der Waals surface area contributed by atoms with Gasteiger partial charge in [0.1, 0.15) is 18.2 Å². The lowest BCUT2D eigenvalue weighted by Crippen LogP contribution is -2.38. The Labute approximate surface area is 170 Å². The van der Waals surface area contributed by atoms with Crippen LogP contribution in [0.5, 0.6) is 5.75 Å². The maximum absolute atomic E-state index is 13.5. The standard InChI is InChI=1S/C21H20FN5O3/c22-13-1-3-16-17(11-13)23-19(21(28)26-16)20-24-15-4-2-14(12-18(15)25-20)30-10-7-27-5-8-29-9-6-27/h1-4,11-12H,5-10H2,(H,24,25)(H,26,28). The minimum atomic E-state index is -0.420. The lowest BCUT2D eigenvalue weighted by Gasteiger charge is -2.26. The minimum absolute atomic E-state index is 0.110. The van der Waals surface area contributed by atoms with Gasteiger partial charge in [-0.05, 0) is 24.3 Å². The number of ether oxygens (including phenoxy) is 2. The molecule has 0 unspecified atom stereocenters. The van der Waals surface area contributed by atoms with Crippen molar-refractivity contribution in [1.82, 2.24) is 24.8 Å². The summed E-state index contributed by atoms with van der Waals surface area (Å²) in [6.07, 6.45) is 0. The van der Waals surface area contributed by atoms with Gasteiger partial charge in [-0.3, -0.25) is 9.69 Å². The Bertz CT molecular complexity index is 1260. The summed E-state index contributed by atoms with van der Waals surface area (Å²) in [6, 6.07) is 9.56. The zero-order valence-electron chi connectivity index (χ0n) is 16.2. The Kier molecular flexibility index (Phi) is 4.89. The van der Waals surface area contributed by atoms with E-state index in [1.54, 1.807) is 0 Å². The van der Waals surface area contributed by atoms with Crippen LogP contribution in [0.25, 0.3) is 33.6 Å². The molecule has 0 spiro atoms. The zero-order valence-corrected chi connectivity index (χ0v) is 16.2. The Morgan fingerprint density at radius 2 is 1.90 bits per heavy atom. The van der Waals surface area contributed by atoms with Crippen molar-refractivity contribution in [2.75, 3.05) is 39.5 Å². The quantitative estimate of drug-likeness (QED) is 0.525. The third-order valence-electron chi connectivity index (χ3n) is 5.11. The minimum Gasteiger partial charge on any atom is -0.492 e. The molecule has 1 aliphatic heterocycles. The predicted octanol–water partition coefficient (Wildman–Crippen LogP) is 2.32. The molecule has 1 saturated heterocycles. The summed E-state index contributed by atoms with van der Waals surface area (Å²) >= 11 is 0. The van der Waals surface area contributed by atoms with E-state index in [0.29, 0.717) is 34.7 Å². The summed E-state index contributed by atoms with van der Waals surface area (Å²) in [4.78, 5) is 29.3. The highest BCUT2D eigenvalue weighted by Gasteiger charge is 2.14. The second-order valence-electron chi connectivity index (χ2n) is 7.14. The molecule has 1 aliphatic rings. The second-order valence-corrected chi connectivity index (χ2v) is 7.14. The van der Waals surface area contributed by atoms with Gasteiger partial charge in [-0.25, -0.2) is 14.4 Å². The van der Waals surface area contributed by atoms with Crippen LogP contribution < -0.4 is 10.3 Å². The third-order valence-corrected chi connectivity index (χ3v) is 5.11. The number of hydrogen-bond acceptors (Lipinski definition) is 6. The average Bonchev–Trinajstić information content (AvgIpc) is 3.17. The van der Waals surface area contributed by atoms with E-state index in [1.165, 1.54) is 18.2 Å². The van der Waals surface area contributed by atoms with Crippen LogP contribution in [0.4, 0.5) is 4.39 Å². The first-order valence-electron chi connectivity index (χ1n) is 9.78. The number of hydrogen-bond donors (Lipinski definition) is 2. The van der Waals surface area contributed by atoms with Gasteiger partial charge in [0.25, 0.3) is 5.56 Å². The molecule has 8 nitrogen and oxygen atoms in total. The van der Waals surface area contributed by atoms with E-state index in [1.807, 2.05) is 18.2 Å². The van der Waals surface area contributed by atoms with Crippen LogP contribution in [0.2, 0.25) is 0 Å². The molecule has 1 fully saturated rings. The molecule has 0 saturated carbocycles. The molecule has 0 aliphatic carbocycles. The Morgan fingerprint density at radius 1 is 1.03 bits per heavy atom. The third kappa shape index (κ3) is 3.77. The molecule has 3 heterocycles. The molecule has 0 radical (unpaired) electrons. The van der Waals surface area contributed by atoms with Crippen LogP contribution >= 0.6 is 0 Å². The summed E-state index contributed by atoms with van der Waals surface area (Å²) in [6.45, 7) is 4.77. The van der Waals surface area contributed by atoms with Gasteiger partial charge in [0.15, 0.2) is 11.5 Å². The number of aromatic amines is 2. The van der Waals surface area contributed by atoms with E-state index in [9.17, 15) is 9.18 Å². The van der Waals surface area contributed by atoms with E-state index in [-0.39, 0.29) is 5.69 Å². The zero-order chi connectivity index (χ0) is 20.5. The number of benzene rings is 2. The van der Waals surface area contributed by atoms with Gasteiger partial charge in [-0.15, -0.1) is 0 Å². The number of morpholine rings is 1. The highest BCUT2D eigenvalue weighted by Crippen LogP contribution is 2.22. The van der Waals surface area contributed by atoms with Gasteiger partial charge in [-0.1, -0.05) is 0 Å². The first-order valence-corrected chi connectivity index (χ1v) is 9.78. The van der Waals surface area contributed by atoms with Crippen molar-refractivity contribution >= 4 is 22.1 Å². The van der Waals surface area contributed by atoms with Gasteiger partial charge >= 0.3 is 0 Å². The number of halogens is 1. The van der Waals surface area contributed by atoms with Gasteiger partial charge in [0, 0.05) is 31.8 Å². The topological polar surface area (TPSA) is 96.1 Å². The van der Waals surface area contributed by atoms with Gasteiger partial charge < -0.3 is 19.4 Å². The van der Waals surface area contributed by atoms with E-state index in [0.717, 1.165) is 38.4 Å². The van der Waals surface area contributed by atoms with E-state index < -0.39 is 11.4 Å². The van der Waals surface area contributed by atoms with E-state index >= 15 is 0 Å². The number of H-pyrrole nitrogens is 2. The molecule has 2 N–H and O–H groups in total. The van der Waals surface area contributed by atoms with Crippen molar-refractivity contribution in [1.29, 1.82) is 0 Å². The Hall–Kier alpha value is -3.30. The van der Waals surface area contributed by atoms with Crippen molar-refractivity contribution in [3.05, 3.63) is 52.6 Å². The lowest BCUT2D eigenvalue weighted by molar-refractivity contribution is 0.0322. The highest BCUT2D eigenvalue weighted by molar-refractivity contribution is 5.81. The molecule has 30 heavy (non-hydrogen) atoms. The fraction of sp³-hybridized carbons (Fsp3) is 0.286. The van der Waals surface area contributed by atoms with Crippen LogP contribution in [0.15, 0.2) is 41.2 Å². The smallest absolute Gasteiger partial charge is 0.278 e. The van der Waals surface area contributed by atoms with Gasteiger partial charge in [0.2, 0.25) is 0 Å². The SMILES string of the molecule is O=c1[nH]c2ccc(F)cc2nc1-c1nc2ccc(OCCN3CCOCC3)cc2[nH]1. The maximum atomic E-state index is 13.5. The van der Waals surface area contributed by atoms with Crippen LogP contribution in [0.1, 0.15) is 0 Å². The Balaban J connectivity index is 1.38. The average molecular weight is 409 g/mol. The molecular weight excluding hydrogens is 389 g/mol. The number of nitrogens with zero attached hydrogens (tertiary/aromatic N) is 3. The van der Waals surface area contributed by atoms with Crippen molar-refractivity contribution in [3.63, 3.8) is 0 Å². The number of aromatic nitrogens is 4. The largest absolute Gasteiger partial charge is 0.492 e. The molecule has 2 aromatic heterocycles. The molecule has 9 heteroatoms. The molecule has 154 valence electrons. The molecule has 2 aromatic carbocycles. The van der Waals surface area contributed by atoms with Crippen molar-refractivity contribution in [2.45, 2.75) is 0 Å². The Morgan fingerprint density at radius 3 is 2.77 bits per heavy atom. The first-order chi connectivity index (χ1) is 14.7. The monoisotopic (exact) mass is 409 g/mol. The number of imidazole rings is 1. The van der Waals surface area contributed by atoms with Crippen LogP contribution in [-0.2, 0) is 4.74 Å². The summed E-state index contributed by atoms with van der Waals surface area (Å²) < 4.78 is 24.7. The summed E-state index contributed by atoms with van der Waals surface area (Å²) in [5.41, 5.74) is 1.96. The van der Waals surface area contributed by atoms with E-state index in [2.05, 4.69) is 24.8 Å². The molecule has 4 aromatic rings. The van der Waals surface area contributed by atoms with Crippen LogP contribution in [0.3, 0.4) is 0 Å². The predicted molar refractivity (Wildman–Crippen MR) is 110 cm³/mol. The molecule has 0 amide bonds. The second kappa shape index (κ2) is 7.85. The van der Waals surface area contributed by atoms with Crippen molar-refractivity contribution in [2.24, 2.45) is 0 Å². The van der Waals surface area contributed by atoms with Gasteiger partial charge in [0.05, 0.1) is 35.3 Å². The molecular formula is C21H20FN5O3. The fourth-order valence-corrected chi connectivity index (χ4v) is 3.52. The molecule has 0 atom stereocenters. The molecule has 0 bridgehead atoms. The van der Waals surface area contributed by atoms with Crippen LogP contribution in [-0.4, -0.2) is 64.3 Å². The highest BCUT2D eigenvalue weighted by atomic mass is 19.1. The first kappa shape index (κ1) is 18.7. The maximum Gasteiger partial charge on any atom is 0.278 e. The summed E-state index contributed by atoms with van der Waals surface area (Å²) in [5.74, 6) is 0.618. The molecule has 5 rings (SSSR count). The summed E-state index contributed by atoms with van der Waals surface area (Å²) in [5, 5.41) is 0. The normalized spacial score (nSPS) is 15.1. The fourth-order valence-electron chi connectivity index (χ4n) is 3.52. The lowest BCUT2D eigenvalue weighted by atomic mass is 10.3. The number of nitrogens with one attached hydrogen (secondary N) is 2. The van der Waals surface area contributed by atoms with Crippen molar-refractivity contribution in [3.8, 4) is 17.3 Å². The number of fused-ring (bicyclic) bond motifs is 2. The van der Waals surface area contributed by atoms with Crippen LogP contribution in [0, 0.1) is 5.82 Å². The van der Waals surface area contributed by atoms with Crippen molar-refractivity contribution < 1.29 is 13.9 Å². The number of rotatable bonds is 5. The van der Waals surface area contributed by atoms with E-state index in [4.69, 9.17) is 9.47 Å². The van der Waals surface area contributed by atoms with Gasteiger partial charge in [-0.2, -0.15) is 0 Å².